The minimum Gasteiger partial charge on any atom is -0.347 e. The predicted octanol–water partition coefficient (Wildman–Crippen LogP) is 2.80. The van der Waals surface area contributed by atoms with E-state index in [2.05, 4.69) is 31.2 Å². The Morgan fingerprint density at radius 3 is 3.00 bits per heavy atom. The lowest BCUT2D eigenvalue weighted by Crippen LogP contribution is -2.27. The Morgan fingerprint density at radius 2 is 2.33 bits per heavy atom. The first-order valence-corrected chi connectivity index (χ1v) is 6.12. The van der Waals surface area contributed by atoms with Crippen LogP contribution < -0.4 is 5.32 Å². The van der Waals surface area contributed by atoms with Crippen LogP contribution in [0.15, 0.2) is 35.1 Å². The van der Waals surface area contributed by atoms with Gasteiger partial charge in [0.25, 0.3) is 5.91 Å². The highest BCUT2D eigenvalue weighted by molar-refractivity contribution is 9.10. The Hall–Kier alpha value is -1.69. The fraction of sp³-hybridized carbons (Fsp3) is 0.167. The lowest BCUT2D eigenvalue weighted by atomic mass is 10.2. The van der Waals surface area contributed by atoms with E-state index in [1.807, 2.05) is 0 Å². The summed E-state index contributed by atoms with van der Waals surface area (Å²) in [5.41, 5.74) is 0.258. The van der Waals surface area contributed by atoms with Crippen molar-refractivity contribution in [3.63, 3.8) is 0 Å². The summed E-state index contributed by atoms with van der Waals surface area (Å²) in [7, 11) is 0. The fourth-order valence-electron chi connectivity index (χ4n) is 1.53. The predicted molar refractivity (Wildman–Crippen MR) is 68.6 cm³/mol. The molecule has 2 rings (SSSR count). The first-order valence-electron chi connectivity index (χ1n) is 5.33. The Morgan fingerprint density at radius 1 is 1.56 bits per heavy atom. The number of imidazole rings is 1. The van der Waals surface area contributed by atoms with Gasteiger partial charge in [-0.15, -0.1) is 0 Å². The molecule has 18 heavy (non-hydrogen) atoms. The van der Waals surface area contributed by atoms with Crippen LogP contribution >= 0.6 is 15.9 Å². The molecule has 0 radical (unpaired) electrons. The number of carbonyl (C=O) groups excluding carboxylic acids is 1. The number of nitrogens with zero attached hydrogens (tertiary/aromatic N) is 1. The summed E-state index contributed by atoms with van der Waals surface area (Å²) in [4.78, 5) is 18.9. The van der Waals surface area contributed by atoms with Gasteiger partial charge in [-0.1, -0.05) is 0 Å². The van der Waals surface area contributed by atoms with Gasteiger partial charge in [0.15, 0.2) is 0 Å². The van der Waals surface area contributed by atoms with Crippen LogP contribution in [0.25, 0.3) is 0 Å². The molecule has 0 aliphatic rings. The first kappa shape index (κ1) is 12.8. The van der Waals surface area contributed by atoms with E-state index < -0.39 is 5.82 Å². The van der Waals surface area contributed by atoms with Crippen molar-refractivity contribution < 1.29 is 9.18 Å². The molecule has 0 aliphatic heterocycles. The summed E-state index contributed by atoms with van der Waals surface area (Å²) >= 11 is 3.22. The average Bonchev–Trinajstić information content (AvgIpc) is 2.85. The summed E-state index contributed by atoms with van der Waals surface area (Å²) in [6.07, 6.45) is 3.28. The fourth-order valence-corrected chi connectivity index (χ4v) is 1.96. The van der Waals surface area contributed by atoms with E-state index in [1.54, 1.807) is 19.3 Å². The smallest absolute Gasteiger partial charge is 0.253 e. The normalized spacial score (nSPS) is 12.2. The second kappa shape index (κ2) is 5.30. The maximum atomic E-state index is 13.1. The zero-order chi connectivity index (χ0) is 13.1. The third-order valence-electron chi connectivity index (χ3n) is 2.45. The maximum Gasteiger partial charge on any atom is 0.253 e. The van der Waals surface area contributed by atoms with E-state index in [1.165, 1.54) is 18.2 Å². The third-order valence-corrected chi connectivity index (χ3v) is 3.14. The van der Waals surface area contributed by atoms with Gasteiger partial charge in [0.2, 0.25) is 0 Å². The molecular weight excluding hydrogens is 301 g/mol. The Labute approximate surface area is 112 Å². The summed E-state index contributed by atoms with van der Waals surface area (Å²) in [5.74, 6) is -0.157. The average molecular weight is 312 g/mol. The number of amides is 1. The number of carbonyl (C=O) groups is 1. The van der Waals surface area contributed by atoms with Crippen LogP contribution in [0.4, 0.5) is 4.39 Å². The highest BCUT2D eigenvalue weighted by Crippen LogP contribution is 2.18. The third kappa shape index (κ3) is 2.76. The van der Waals surface area contributed by atoms with Gasteiger partial charge in [0, 0.05) is 16.9 Å². The van der Waals surface area contributed by atoms with Gasteiger partial charge in [0.1, 0.15) is 11.6 Å². The van der Waals surface area contributed by atoms with Gasteiger partial charge in [0.05, 0.1) is 11.6 Å². The van der Waals surface area contributed by atoms with Gasteiger partial charge in [-0.3, -0.25) is 4.79 Å². The number of benzene rings is 1. The maximum absolute atomic E-state index is 13.1. The minimum absolute atomic E-state index is 0.258. The lowest BCUT2D eigenvalue weighted by Gasteiger charge is -2.12. The van der Waals surface area contributed by atoms with Crippen LogP contribution in [0.3, 0.4) is 0 Å². The number of rotatable bonds is 3. The molecule has 1 amide bonds. The van der Waals surface area contributed by atoms with Crippen molar-refractivity contribution in [1.29, 1.82) is 0 Å². The van der Waals surface area contributed by atoms with Crippen LogP contribution in [-0.2, 0) is 0 Å². The van der Waals surface area contributed by atoms with E-state index in [4.69, 9.17) is 0 Å². The number of halogens is 2. The zero-order valence-electron chi connectivity index (χ0n) is 9.58. The van der Waals surface area contributed by atoms with Crippen LogP contribution in [-0.4, -0.2) is 15.9 Å². The quantitative estimate of drug-likeness (QED) is 0.915. The van der Waals surface area contributed by atoms with E-state index in [-0.39, 0.29) is 17.5 Å². The number of H-pyrrole nitrogens is 1. The SMILES string of the molecule is CC(NC(=O)c1cc(F)ccc1Br)c1ncc[nH]1. The first-order chi connectivity index (χ1) is 8.58. The molecule has 0 spiro atoms. The summed E-state index contributed by atoms with van der Waals surface area (Å²) in [6.45, 7) is 1.80. The van der Waals surface area contributed by atoms with Crippen molar-refractivity contribution in [3.05, 3.63) is 52.3 Å². The van der Waals surface area contributed by atoms with Crippen LogP contribution in [0, 0.1) is 5.82 Å². The second-order valence-corrected chi connectivity index (χ2v) is 4.65. The van der Waals surface area contributed by atoms with Crippen molar-refractivity contribution in [2.75, 3.05) is 0 Å². The molecule has 0 aliphatic carbocycles. The molecule has 4 nitrogen and oxygen atoms in total. The molecule has 1 heterocycles. The summed E-state index contributed by atoms with van der Waals surface area (Å²) in [5, 5.41) is 2.74. The van der Waals surface area contributed by atoms with E-state index >= 15 is 0 Å². The number of aromatic amines is 1. The molecule has 2 aromatic rings. The van der Waals surface area contributed by atoms with Crippen molar-refractivity contribution in [1.82, 2.24) is 15.3 Å². The molecule has 0 fully saturated rings. The highest BCUT2D eigenvalue weighted by Gasteiger charge is 2.15. The Balaban J connectivity index is 2.15. The second-order valence-electron chi connectivity index (χ2n) is 3.79. The standard InChI is InChI=1S/C12H11BrFN3O/c1-7(11-15-4-5-16-11)17-12(18)9-6-8(14)2-3-10(9)13/h2-7H,1H3,(H,15,16)(H,17,18). The summed E-state index contributed by atoms with van der Waals surface area (Å²) in [6, 6.07) is 3.70. The van der Waals surface area contributed by atoms with Gasteiger partial charge < -0.3 is 10.3 Å². The lowest BCUT2D eigenvalue weighted by molar-refractivity contribution is 0.0937. The molecule has 2 N–H and O–H groups in total. The van der Waals surface area contributed by atoms with Crippen molar-refractivity contribution in [2.24, 2.45) is 0 Å². The van der Waals surface area contributed by atoms with Gasteiger partial charge in [-0.25, -0.2) is 9.37 Å². The Kier molecular flexibility index (Phi) is 3.76. The topological polar surface area (TPSA) is 57.8 Å². The molecule has 1 aromatic carbocycles. The van der Waals surface area contributed by atoms with E-state index in [0.717, 1.165) is 0 Å². The van der Waals surface area contributed by atoms with E-state index in [9.17, 15) is 9.18 Å². The molecule has 0 saturated carbocycles. The highest BCUT2D eigenvalue weighted by atomic mass is 79.9. The van der Waals surface area contributed by atoms with Crippen LogP contribution in [0.5, 0.6) is 0 Å². The zero-order valence-corrected chi connectivity index (χ0v) is 11.2. The molecule has 1 aromatic heterocycles. The molecule has 1 atom stereocenters. The molecule has 0 bridgehead atoms. The van der Waals surface area contributed by atoms with Crippen LogP contribution in [0.1, 0.15) is 29.1 Å². The van der Waals surface area contributed by atoms with Crippen molar-refractivity contribution >= 4 is 21.8 Å². The van der Waals surface area contributed by atoms with Crippen LogP contribution in [0.2, 0.25) is 0 Å². The van der Waals surface area contributed by atoms with Gasteiger partial charge >= 0.3 is 0 Å². The van der Waals surface area contributed by atoms with Gasteiger partial charge in [-0.05, 0) is 41.1 Å². The van der Waals surface area contributed by atoms with Gasteiger partial charge in [-0.2, -0.15) is 0 Å². The number of aromatic nitrogens is 2. The number of nitrogens with one attached hydrogen (secondary N) is 2. The largest absolute Gasteiger partial charge is 0.347 e. The molecule has 94 valence electrons. The number of hydrogen-bond donors (Lipinski definition) is 2. The number of hydrogen-bond acceptors (Lipinski definition) is 2. The molecule has 6 heteroatoms. The van der Waals surface area contributed by atoms with Crippen molar-refractivity contribution in [3.8, 4) is 0 Å². The monoisotopic (exact) mass is 311 g/mol. The van der Waals surface area contributed by atoms with E-state index in [0.29, 0.717) is 10.3 Å². The Bertz CT molecular complexity index is 556. The summed E-state index contributed by atoms with van der Waals surface area (Å²) < 4.78 is 13.6. The van der Waals surface area contributed by atoms with Crippen molar-refractivity contribution in [2.45, 2.75) is 13.0 Å². The molecular formula is C12H11BrFN3O. The molecule has 1 unspecified atom stereocenters. The molecule has 0 saturated heterocycles. The minimum atomic E-state index is -0.450.